The molecule has 7 heteroatoms. The van der Waals surface area contributed by atoms with Crippen molar-refractivity contribution in [1.82, 2.24) is 9.78 Å². The number of amides is 1. The number of carbonyl (C=O) groups is 2. The molecule has 1 aliphatic rings. The number of anilines is 1. The van der Waals surface area contributed by atoms with Crippen LogP contribution in [0.15, 0.2) is 29.1 Å². The average molecular weight is 341 g/mol. The van der Waals surface area contributed by atoms with Crippen molar-refractivity contribution < 1.29 is 14.7 Å². The molecule has 1 aromatic carbocycles. The number of carboxylic acid groups (broad SMARTS) is 1. The number of carbonyl (C=O) groups excluding carboxylic acids is 1. The predicted molar refractivity (Wildman–Crippen MR) is 92.5 cm³/mol. The summed E-state index contributed by atoms with van der Waals surface area (Å²) in [4.78, 5) is 34.0. The van der Waals surface area contributed by atoms with E-state index in [1.165, 1.54) is 11.6 Å². The average Bonchev–Trinajstić information content (AvgIpc) is 2.54. The number of carboxylic acids is 1. The van der Waals surface area contributed by atoms with Crippen LogP contribution in [-0.2, 0) is 29.0 Å². The summed E-state index contributed by atoms with van der Waals surface area (Å²) < 4.78 is 1.33. The van der Waals surface area contributed by atoms with Gasteiger partial charge in [0.2, 0.25) is 5.91 Å². The van der Waals surface area contributed by atoms with Crippen molar-refractivity contribution in [1.29, 1.82) is 0 Å². The van der Waals surface area contributed by atoms with Crippen molar-refractivity contribution in [2.24, 2.45) is 0 Å². The lowest BCUT2D eigenvalue weighted by atomic mass is 9.89. The van der Waals surface area contributed by atoms with Gasteiger partial charge in [-0.15, -0.1) is 0 Å². The number of hydrogen-bond donors (Lipinski definition) is 2. The number of aliphatic carboxylic acids is 1. The molecule has 0 radical (unpaired) electrons. The van der Waals surface area contributed by atoms with Gasteiger partial charge >= 0.3 is 5.97 Å². The first-order chi connectivity index (χ1) is 11.9. The van der Waals surface area contributed by atoms with Crippen molar-refractivity contribution in [2.75, 3.05) is 5.32 Å². The number of aromatic nitrogens is 2. The lowest BCUT2D eigenvalue weighted by Crippen LogP contribution is -2.25. The summed E-state index contributed by atoms with van der Waals surface area (Å²) in [7, 11) is 0. The normalized spacial score (nSPS) is 12.2. The molecule has 1 aliphatic carbocycles. The van der Waals surface area contributed by atoms with Crippen LogP contribution in [-0.4, -0.2) is 26.8 Å². The molecule has 0 aliphatic heterocycles. The lowest BCUT2D eigenvalue weighted by molar-refractivity contribution is -0.137. The van der Waals surface area contributed by atoms with Crippen molar-refractivity contribution in [3.05, 3.63) is 45.7 Å². The molecular weight excluding hydrogens is 322 g/mol. The molecule has 25 heavy (non-hydrogen) atoms. The Labute approximate surface area is 144 Å². The van der Waals surface area contributed by atoms with E-state index in [2.05, 4.69) is 10.4 Å². The maximum Gasteiger partial charge on any atom is 0.303 e. The van der Waals surface area contributed by atoms with Gasteiger partial charge in [-0.1, -0.05) is 6.07 Å². The Kier molecular flexibility index (Phi) is 4.65. The molecule has 3 rings (SSSR count). The number of nitrogens with zero attached hydrogens (tertiary/aromatic N) is 2. The quantitative estimate of drug-likeness (QED) is 0.864. The van der Waals surface area contributed by atoms with Crippen molar-refractivity contribution in [3.8, 4) is 11.3 Å². The minimum atomic E-state index is -0.887. The number of nitrogens with one attached hydrogen (secondary N) is 1. The zero-order valence-electron chi connectivity index (χ0n) is 13.9. The smallest absolute Gasteiger partial charge is 0.303 e. The summed E-state index contributed by atoms with van der Waals surface area (Å²) >= 11 is 0. The molecule has 0 atom stereocenters. The van der Waals surface area contributed by atoms with Crippen LogP contribution < -0.4 is 10.9 Å². The molecule has 2 aromatic rings. The van der Waals surface area contributed by atoms with Crippen LogP contribution in [0.4, 0.5) is 5.69 Å². The van der Waals surface area contributed by atoms with Gasteiger partial charge in [-0.2, -0.15) is 5.10 Å². The molecule has 7 nitrogen and oxygen atoms in total. The van der Waals surface area contributed by atoms with Crippen molar-refractivity contribution in [3.63, 3.8) is 0 Å². The SMILES string of the molecule is CC(=O)Nc1ccc2c(c1)CCc1cc(=O)n(CCCC(=O)O)nc1-2. The number of hydrogen-bond acceptors (Lipinski definition) is 4. The van der Waals surface area contributed by atoms with Gasteiger partial charge in [-0.3, -0.25) is 14.4 Å². The highest BCUT2D eigenvalue weighted by Gasteiger charge is 2.20. The van der Waals surface area contributed by atoms with Crippen LogP contribution in [0.3, 0.4) is 0 Å². The zero-order chi connectivity index (χ0) is 18.0. The first-order valence-corrected chi connectivity index (χ1v) is 8.18. The van der Waals surface area contributed by atoms with Gasteiger partial charge in [0.1, 0.15) is 0 Å². The fourth-order valence-corrected chi connectivity index (χ4v) is 3.07. The molecule has 130 valence electrons. The summed E-state index contributed by atoms with van der Waals surface area (Å²) in [6.07, 6.45) is 1.85. The summed E-state index contributed by atoms with van der Waals surface area (Å²) in [5.41, 5.74) is 4.21. The second-order valence-corrected chi connectivity index (χ2v) is 6.13. The van der Waals surface area contributed by atoms with Crippen LogP contribution in [0.25, 0.3) is 11.3 Å². The van der Waals surface area contributed by atoms with E-state index in [9.17, 15) is 14.4 Å². The fraction of sp³-hybridized carbons (Fsp3) is 0.333. The number of aryl methyl sites for hydroxylation is 3. The zero-order valence-corrected chi connectivity index (χ0v) is 13.9. The number of rotatable bonds is 5. The maximum absolute atomic E-state index is 12.2. The first kappa shape index (κ1) is 16.9. The van der Waals surface area contributed by atoms with E-state index in [0.717, 1.165) is 34.5 Å². The van der Waals surface area contributed by atoms with Crippen LogP contribution in [0.5, 0.6) is 0 Å². The summed E-state index contributed by atoms with van der Waals surface area (Å²) in [5.74, 6) is -1.01. The standard InChI is InChI=1S/C18H19N3O4/c1-11(22)19-14-6-7-15-12(9-14)4-5-13-10-16(23)21(20-18(13)15)8-2-3-17(24)25/h6-7,9-10H,2-5,8H2,1H3,(H,19,22)(H,24,25). The third kappa shape index (κ3) is 3.76. The fourth-order valence-electron chi connectivity index (χ4n) is 3.07. The van der Waals surface area contributed by atoms with Crippen molar-refractivity contribution >= 4 is 17.6 Å². The molecule has 1 amide bonds. The lowest BCUT2D eigenvalue weighted by Gasteiger charge is -2.20. The Morgan fingerprint density at radius 3 is 2.72 bits per heavy atom. The molecule has 1 aromatic heterocycles. The predicted octanol–water partition coefficient (Wildman–Crippen LogP) is 1.83. The van der Waals surface area contributed by atoms with Crippen LogP contribution in [0.2, 0.25) is 0 Å². The largest absolute Gasteiger partial charge is 0.481 e. The van der Waals surface area contributed by atoms with Gasteiger partial charge in [0.15, 0.2) is 0 Å². The minimum Gasteiger partial charge on any atom is -0.481 e. The van der Waals surface area contributed by atoms with Crippen molar-refractivity contribution in [2.45, 2.75) is 39.2 Å². The van der Waals surface area contributed by atoms with Crippen LogP contribution in [0, 0.1) is 0 Å². The highest BCUT2D eigenvalue weighted by molar-refractivity contribution is 5.89. The van der Waals surface area contributed by atoms with Crippen LogP contribution >= 0.6 is 0 Å². The summed E-state index contributed by atoms with van der Waals surface area (Å²) in [5, 5.41) is 16.0. The molecule has 0 saturated carbocycles. The van der Waals surface area contributed by atoms with E-state index < -0.39 is 5.97 Å². The van der Waals surface area contributed by atoms with Gasteiger partial charge in [0, 0.05) is 37.2 Å². The Morgan fingerprint density at radius 1 is 1.24 bits per heavy atom. The third-order valence-electron chi connectivity index (χ3n) is 4.18. The summed E-state index contributed by atoms with van der Waals surface area (Å²) in [6, 6.07) is 7.24. The van der Waals surface area contributed by atoms with Crippen LogP contribution in [0.1, 0.15) is 30.9 Å². The van der Waals surface area contributed by atoms with E-state index >= 15 is 0 Å². The van der Waals surface area contributed by atoms with Gasteiger partial charge < -0.3 is 10.4 Å². The maximum atomic E-state index is 12.2. The second-order valence-electron chi connectivity index (χ2n) is 6.13. The molecule has 0 unspecified atom stereocenters. The Hall–Kier alpha value is -2.96. The van der Waals surface area contributed by atoms with Gasteiger partial charge in [0.05, 0.1) is 5.69 Å². The Bertz CT molecular complexity index is 902. The van der Waals surface area contributed by atoms with Gasteiger partial charge in [0.25, 0.3) is 5.56 Å². The molecule has 0 spiro atoms. The van der Waals surface area contributed by atoms with E-state index in [-0.39, 0.29) is 24.4 Å². The molecular formula is C18H19N3O4. The van der Waals surface area contributed by atoms with E-state index in [1.807, 2.05) is 18.2 Å². The first-order valence-electron chi connectivity index (χ1n) is 8.18. The van der Waals surface area contributed by atoms with E-state index in [4.69, 9.17) is 5.11 Å². The molecule has 0 bridgehead atoms. The number of fused-ring (bicyclic) bond motifs is 3. The van der Waals surface area contributed by atoms with E-state index in [0.29, 0.717) is 12.8 Å². The minimum absolute atomic E-state index is 0.00185. The Balaban J connectivity index is 1.93. The van der Waals surface area contributed by atoms with Gasteiger partial charge in [-0.05, 0) is 42.5 Å². The monoisotopic (exact) mass is 341 g/mol. The molecule has 2 N–H and O–H groups in total. The molecule has 1 heterocycles. The summed E-state index contributed by atoms with van der Waals surface area (Å²) in [6.45, 7) is 1.74. The Morgan fingerprint density at radius 2 is 2.00 bits per heavy atom. The van der Waals surface area contributed by atoms with E-state index in [1.54, 1.807) is 6.07 Å². The highest BCUT2D eigenvalue weighted by Crippen LogP contribution is 2.32. The molecule has 0 saturated heterocycles. The van der Waals surface area contributed by atoms with Gasteiger partial charge in [-0.25, -0.2) is 4.68 Å². The third-order valence-corrected chi connectivity index (χ3v) is 4.18. The number of benzene rings is 1. The molecule has 0 fully saturated rings. The topological polar surface area (TPSA) is 101 Å². The second kappa shape index (κ2) is 6.88. The highest BCUT2D eigenvalue weighted by atomic mass is 16.4.